The number of hydrazone groups is 1. The van der Waals surface area contributed by atoms with Crippen LogP contribution in [0.1, 0.15) is 22.5 Å². The summed E-state index contributed by atoms with van der Waals surface area (Å²) in [6.45, 7) is 4.28. The lowest BCUT2D eigenvalue weighted by molar-refractivity contribution is -0.123. The Kier molecular flexibility index (Phi) is 9.60. The number of benzene rings is 2. The van der Waals surface area contributed by atoms with Crippen LogP contribution in [-0.4, -0.2) is 46.9 Å². The molecule has 176 valence electrons. The van der Waals surface area contributed by atoms with Crippen molar-refractivity contribution in [3.8, 4) is 5.75 Å². The fourth-order valence-electron chi connectivity index (χ4n) is 2.94. The monoisotopic (exact) mass is 477 g/mol. The summed E-state index contributed by atoms with van der Waals surface area (Å²) in [5, 5.41) is 7.38. The third kappa shape index (κ3) is 9.03. The third-order valence-electron chi connectivity index (χ3n) is 4.53. The van der Waals surface area contributed by atoms with Gasteiger partial charge >= 0.3 is 0 Å². The number of nitrogens with one attached hydrogen (secondary N) is 2. The molecule has 0 saturated carbocycles. The molecule has 1 aromatic heterocycles. The van der Waals surface area contributed by atoms with Gasteiger partial charge in [-0.25, -0.2) is 15.4 Å². The van der Waals surface area contributed by atoms with E-state index in [-0.39, 0.29) is 24.2 Å². The summed E-state index contributed by atoms with van der Waals surface area (Å²) in [5.41, 5.74) is 6.17. The average molecular weight is 478 g/mol. The first-order valence-corrected chi connectivity index (χ1v) is 11.8. The fourth-order valence-corrected chi connectivity index (χ4v) is 3.68. The van der Waals surface area contributed by atoms with Crippen molar-refractivity contribution >= 4 is 29.8 Å². The predicted molar refractivity (Wildman–Crippen MR) is 133 cm³/mol. The minimum absolute atomic E-state index is 0.0554. The molecular formula is C25H27N5O3S. The van der Waals surface area contributed by atoms with E-state index >= 15 is 0 Å². The molecule has 34 heavy (non-hydrogen) atoms. The second-order valence-corrected chi connectivity index (χ2v) is 8.40. The minimum Gasteiger partial charge on any atom is -0.484 e. The van der Waals surface area contributed by atoms with Gasteiger partial charge in [-0.3, -0.25) is 9.59 Å². The highest BCUT2D eigenvalue weighted by atomic mass is 32.2. The molecule has 2 N–H and O–H groups in total. The van der Waals surface area contributed by atoms with Gasteiger partial charge in [-0.15, -0.1) is 0 Å². The molecule has 0 atom stereocenters. The van der Waals surface area contributed by atoms with Crippen LogP contribution in [0.15, 0.2) is 70.9 Å². The first-order chi connectivity index (χ1) is 16.5. The first kappa shape index (κ1) is 24.9. The highest BCUT2D eigenvalue weighted by molar-refractivity contribution is 7.99. The van der Waals surface area contributed by atoms with Crippen LogP contribution in [-0.2, 0) is 16.0 Å². The summed E-state index contributed by atoms with van der Waals surface area (Å²) in [6, 6.07) is 18.9. The lowest BCUT2D eigenvalue weighted by Gasteiger charge is -2.08. The van der Waals surface area contributed by atoms with Gasteiger partial charge in [-0.2, -0.15) is 5.10 Å². The van der Waals surface area contributed by atoms with Crippen molar-refractivity contribution in [1.29, 1.82) is 0 Å². The Morgan fingerprint density at radius 1 is 1.00 bits per heavy atom. The van der Waals surface area contributed by atoms with Gasteiger partial charge in [0.25, 0.3) is 11.8 Å². The van der Waals surface area contributed by atoms with Crippen molar-refractivity contribution in [2.45, 2.75) is 25.4 Å². The zero-order chi connectivity index (χ0) is 24.2. The van der Waals surface area contributed by atoms with Crippen LogP contribution in [0.4, 0.5) is 0 Å². The van der Waals surface area contributed by atoms with Crippen molar-refractivity contribution in [2.24, 2.45) is 5.10 Å². The van der Waals surface area contributed by atoms with E-state index in [4.69, 9.17) is 4.74 Å². The molecule has 0 bridgehead atoms. The number of hydrogen-bond acceptors (Lipinski definition) is 7. The van der Waals surface area contributed by atoms with E-state index in [0.717, 1.165) is 23.4 Å². The van der Waals surface area contributed by atoms with Gasteiger partial charge in [-0.05, 0) is 61.7 Å². The maximum atomic E-state index is 12.0. The number of aromatic nitrogens is 2. The smallest absolute Gasteiger partial charge is 0.257 e. The van der Waals surface area contributed by atoms with E-state index in [0.29, 0.717) is 17.5 Å². The number of nitrogens with zero attached hydrogens (tertiary/aromatic N) is 3. The second kappa shape index (κ2) is 13.1. The lowest BCUT2D eigenvalue weighted by atomic mass is 10.1. The molecule has 0 saturated heterocycles. The molecular weight excluding hydrogens is 450 g/mol. The van der Waals surface area contributed by atoms with Gasteiger partial charge in [0.05, 0.1) is 12.0 Å². The largest absolute Gasteiger partial charge is 0.484 e. The standard InChI is InChI=1S/C25H27N5O3S/c1-18-14-19(2)29-25(28-18)34-17-24(32)30-27-15-21-8-10-22(11-9-21)33-16-23(31)26-13-12-20-6-4-3-5-7-20/h3-11,14-15H,12-13,16-17H2,1-2H3,(H,26,31)(H,30,32). The highest BCUT2D eigenvalue weighted by Crippen LogP contribution is 2.14. The maximum absolute atomic E-state index is 12.0. The van der Waals surface area contributed by atoms with E-state index in [9.17, 15) is 9.59 Å². The van der Waals surface area contributed by atoms with Crippen molar-refractivity contribution in [2.75, 3.05) is 18.9 Å². The molecule has 3 rings (SSSR count). The Morgan fingerprint density at radius 3 is 2.41 bits per heavy atom. The molecule has 0 aliphatic rings. The van der Waals surface area contributed by atoms with Gasteiger partial charge in [0.2, 0.25) is 0 Å². The number of hydrogen-bond donors (Lipinski definition) is 2. The van der Waals surface area contributed by atoms with Crippen LogP contribution in [0.2, 0.25) is 0 Å². The molecule has 2 aromatic carbocycles. The zero-order valence-corrected chi connectivity index (χ0v) is 20.0. The van der Waals surface area contributed by atoms with E-state index < -0.39 is 0 Å². The van der Waals surface area contributed by atoms with Crippen molar-refractivity contribution < 1.29 is 14.3 Å². The lowest BCUT2D eigenvalue weighted by Crippen LogP contribution is -2.30. The number of rotatable bonds is 11. The number of carbonyl (C=O) groups excluding carboxylic acids is 2. The molecule has 0 spiro atoms. The number of thioether (sulfide) groups is 1. The van der Waals surface area contributed by atoms with Gasteiger partial charge in [0.1, 0.15) is 5.75 Å². The first-order valence-electron chi connectivity index (χ1n) is 10.8. The van der Waals surface area contributed by atoms with Gasteiger partial charge in [0.15, 0.2) is 11.8 Å². The van der Waals surface area contributed by atoms with Crippen LogP contribution in [0.5, 0.6) is 5.75 Å². The van der Waals surface area contributed by atoms with Crippen LogP contribution in [0.25, 0.3) is 0 Å². The third-order valence-corrected chi connectivity index (χ3v) is 5.37. The topological polar surface area (TPSA) is 106 Å². The number of amides is 2. The summed E-state index contributed by atoms with van der Waals surface area (Å²) >= 11 is 1.26. The molecule has 0 fully saturated rings. The quantitative estimate of drug-likeness (QED) is 0.190. The Hall–Kier alpha value is -3.72. The van der Waals surface area contributed by atoms with Crippen molar-refractivity contribution in [1.82, 2.24) is 20.7 Å². The molecule has 2 amide bonds. The second-order valence-electron chi connectivity index (χ2n) is 7.46. The van der Waals surface area contributed by atoms with Crippen molar-refractivity contribution in [3.05, 3.63) is 83.2 Å². The Bertz CT molecular complexity index is 1100. The van der Waals surface area contributed by atoms with Crippen LogP contribution in [0.3, 0.4) is 0 Å². The average Bonchev–Trinajstić information content (AvgIpc) is 2.82. The van der Waals surface area contributed by atoms with Crippen LogP contribution < -0.4 is 15.5 Å². The summed E-state index contributed by atoms with van der Waals surface area (Å²) in [7, 11) is 0. The van der Waals surface area contributed by atoms with Crippen LogP contribution >= 0.6 is 11.8 Å². The van der Waals surface area contributed by atoms with Gasteiger partial charge in [-0.1, -0.05) is 42.1 Å². The molecule has 1 heterocycles. The zero-order valence-electron chi connectivity index (χ0n) is 19.2. The Morgan fingerprint density at radius 2 is 1.71 bits per heavy atom. The molecule has 0 aliphatic carbocycles. The number of ether oxygens (including phenoxy) is 1. The molecule has 8 nitrogen and oxygen atoms in total. The van der Waals surface area contributed by atoms with Gasteiger partial charge < -0.3 is 10.1 Å². The maximum Gasteiger partial charge on any atom is 0.257 e. The van der Waals surface area contributed by atoms with Crippen molar-refractivity contribution in [3.63, 3.8) is 0 Å². The van der Waals surface area contributed by atoms with E-state index in [2.05, 4.69) is 25.8 Å². The Labute approximate surface area is 203 Å². The SMILES string of the molecule is Cc1cc(C)nc(SCC(=O)NN=Cc2ccc(OCC(=O)NCCc3ccccc3)cc2)n1. The summed E-state index contributed by atoms with van der Waals surface area (Å²) in [5.74, 6) is 0.320. The minimum atomic E-state index is -0.248. The molecule has 9 heteroatoms. The molecule has 0 radical (unpaired) electrons. The molecule has 0 unspecified atom stereocenters. The van der Waals surface area contributed by atoms with Gasteiger partial charge in [0, 0.05) is 17.9 Å². The van der Waals surface area contributed by atoms with Crippen LogP contribution in [0, 0.1) is 13.8 Å². The summed E-state index contributed by atoms with van der Waals surface area (Å²) in [6.07, 6.45) is 2.31. The summed E-state index contributed by atoms with van der Waals surface area (Å²) in [4.78, 5) is 32.5. The fraction of sp³-hybridized carbons (Fsp3) is 0.240. The molecule has 3 aromatic rings. The van der Waals surface area contributed by atoms with E-state index in [1.807, 2.05) is 50.2 Å². The Balaban J connectivity index is 1.34. The molecule has 0 aliphatic heterocycles. The number of aryl methyl sites for hydroxylation is 2. The highest BCUT2D eigenvalue weighted by Gasteiger charge is 2.06. The van der Waals surface area contributed by atoms with E-state index in [1.165, 1.54) is 23.5 Å². The van der Waals surface area contributed by atoms with E-state index in [1.54, 1.807) is 24.3 Å². The normalized spacial score (nSPS) is 10.8. The predicted octanol–water partition coefficient (Wildman–Crippen LogP) is 3.07. The number of carbonyl (C=O) groups is 2. The summed E-state index contributed by atoms with van der Waals surface area (Å²) < 4.78 is 5.52.